The van der Waals surface area contributed by atoms with E-state index in [-0.39, 0.29) is 11.9 Å². The second-order valence-electron chi connectivity index (χ2n) is 6.95. The van der Waals surface area contributed by atoms with Crippen LogP contribution in [0.2, 0.25) is 0 Å². The summed E-state index contributed by atoms with van der Waals surface area (Å²) in [6.45, 7) is 4.49. The Hall–Kier alpha value is -3.74. The zero-order valence-corrected chi connectivity index (χ0v) is 16.3. The summed E-state index contributed by atoms with van der Waals surface area (Å²) in [6, 6.07) is 17.4. The van der Waals surface area contributed by atoms with Crippen LogP contribution < -0.4 is 10.6 Å². The van der Waals surface area contributed by atoms with Crippen molar-refractivity contribution in [1.82, 2.24) is 20.1 Å². The van der Waals surface area contributed by atoms with E-state index >= 15 is 0 Å². The number of benzene rings is 1. The molecular formula is C22H22N6O. The molecule has 1 aliphatic rings. The lowest BCUT2D eigenvalue weighted by atomic mass is 10.1. The van der Waals surface area contributed by atoms with Crippen LogP contribution in [0.1, 0.15) is 25.5 Å². The van der Waals surface area contributed by atoms with Gasteiger partial charge < -0.3 is 10.6 Å². The van der Waals surface area contributed by atoms with Gasteiger partial charge in [-0.15, -0.1) is 0 Å². The molecule has 0 saturated heterocycles. The molecule has 3 aromatic rings. The summed E-state index contributed by atoms with van der Waals surface area (Å²) in [5, 5.41) is 10.3. The summed E-state index contributed by atoms with van der Waals surface area (Å²) in [4.78, 5) is 21.9. The summed E-state index contributed by atoms with van der Waals surface area (Å²) in [5.74, 6) is 0.198. The molecule has 1 amide bonds. The monoisotopic (exact) mass is 386 g/mol. The molecule has 146 valence electrons. The maximum Gasteiger partial charge on any atom is 0.273 e. The third kappa shape index (κ3) is 4.08. The zero-order valence-electron chi connectivity index (χ0n) is 16.3. The Morgan fingerprint density at radius 3 is 2.72 bits per heavy atom. The van der Waals surface area contributed by atoms with Crippen LogP contribution in [0.25, 0.3) is 17.1 Å². The SMILES string of the molecule is CC(C)n1nccc1-c1cccc(NC(=O)C2=NC(c3ccccc3)=CNC2)n1. The van der Waals surface area contributed by atoms with E-state index in [1.165, 1.54) is 0 Å². The van der Waals surface area contributed by atoms with Crippen molar-refractivity contribution < 1.29 is 4.79 Å². The smallest absolute Gasteiger partial charge is 0.273 e. The van der Waals surface area contributed by atoms with Gasteiger partial charge in [0.1, 0.15) is 11.5 Å². The lowest BCUT2D eigenvalue weighted by molar-refractivity contribution is -0.110. The molecule has 1 aliphatic heterocycles. The van der Waals surface area contributed by atoms with Crippen LogP contribution in [0, 0.1) is 0 Å². The summed E-state index contributed by atoms with van der Waals surface area (Å²) < 4.78 is 1.90. The molecule has 4 rings (SSSR count). The van der Waals surface area contributed by atoms with Gasteiger partial charge in [-0.2, -0.15) is 5.10 Å². The molecule has 0 unspecified atom stereocenters. The molecule has 29 heavy (non-hydrogen) atoms. The number of nitrogens with one attached hydrogen (secondary N) is 2. The topological polar surface area (TPSA) is 84.2 Å². The Bertz CT molecular complexity index is 1080. The molecule has 7 nitrogen and oxygen atoms in total. The lowest BCUT2D eigenvalue weighted by Crippen LogP contribution is -2.33. The van der Waals surface area contributed by atoms with Gasteiger partial charge in [0.2, 0.25) is 0 Å². The van der Waals surface area contributed by atoms with Crippen LogP contribution >= 0.6 is 0 Å². The third-order valence-electron chi connectivity index (χ3n) is 4.51. The van der Waals surface area contributed by atoms with Crippen LogP contribution in [0.15, 0.2) is 72.0 Å². The zero-order chi connectivity index (χ0) is 20.2. The summed E-state index contributed by atoms with van der Waals surface area (Å²) in [5.41, 5.74) is 3.74. The first kappa shape index (κ1) is 18.6. The molecule has 0 radical (unpaired) electrons. The number of hydrogen-bond donors (Lipinski definition) is 2. The highest BCUT2D eigenvalue weighted by atomic mass is 16.2. The van der Waals surface area contributed by atoms with Gasteiger partial charge in [0.25, 0.3) is 5.91 Å². The number of carbonyl (C=O) groups excluding carboxylic acids is 1. The van der Waals surface area contributed by atoms with Crippen molar-refractivity contribution in [2.75, 3.05) is 11.9 Å². The Balaban J connectivity index is 1.54. The molecule has 0 aliphatic carbocycles. The van der Waals surface area contributed by atoms with Crippen LogP contribution in [-0.4, -0.2) is 32.9 Å². The highest BCUT2D eigenvalue weighted by Crippen LogP contribution is 2.22. The Labute approximate surface area is 169 Å². The lowest BCUT2D eigenvalue weighted by Gasteiger charge is -2.15. The minimum absolute atomic E-state index is 0.214. The van der Waals surface area contributed by atoms with Gasteiger partial charge >= 0.3 is 0 Å². The fourth-order valence-electron chi connectivity index (χ4n) is 3.11. The molecule has 0 bridgehead atoms. The van der Waals surface area contributed by atoms with E-state index < -0.39 is 0 Å². The Kier molecular flexibility index (Phi) is 5.20. The van der Waals surface area contributed by atoms with E-state index in [0.29, 0.717) is 18.1 Å². The molecular weight excluding hydrogens is 364 g/mol. The third-order valence-corrected chi connectivity index (χ3v) is 4.51. The number of aliphatic imine (C=N–C) groups is 1. The molecule has 0 atom stereocenters. The second kappa shape index (κ2) is 8.10. The summed E-state index contributed by atoms with van der Waals surface area (Å²) >= 11 is 0. The van der Waals surface area contributed by atoms with Crippen LogP contribution in [-0.2, 0) is 4.79 Å². The average Bonchev–Trinajstić information content (AvgIpc) is 3.25. The van der Waals surface area contributed by atoms with E-state index in [9.17, 15) is 4.79 Å². The van der Waals surface area contributed by atoms with Crippen LogP contribution in [0.3, 0.4) is 0 Å². The summed E-state index contributed by atoms with van der Waals surface area (Å²) in [6.07, 6.45) is 3.57. The molecule has 2 aromatic heterocycles. The van der Waals surface area contributed by atoms with Gasteiger partial charge in [-0.05, 0) is 32.0 Å². The van der Waals surface area contributed by atoms with Gasteiger partial charge in [-0.1, -0.05) is 36.4 Å². The van der Waals surface area contributed by atoms with Gasteiger partial charge in [0, 0.05) is 24.0 Å². The molecule has 0 spiro atoms. The van der Waals surface area contributed by atoms with Gasteiger partial charge in [-0.3, -0.25) is 9.48 Å². The first-order valence-corrected chi connectivity index (χ1v) is 9.50. The largest absolute Gasteiger partial charge is 0.383 e. The van der Waals surface area contributed by atoms with Crippen LogP contribution in [0.4, 0.5) is 5.82 Å². The Morgan fingerprint density at radius 1 is 1.10 bits per heavy atom. The van der Waals surface area contributed by atoms with Crippen molar-refractivity contribution >= 4 is 23.1 Å². The molecule has 2 N–H and O–H groups in total. The average molecular weight is 386 g/mol. The van der Waals surface area contributed by atoms with Gasteiger partial charge in [0.05, 0.1) is 23.6 Å². The van der Waals surface area contributed by atoms with Gasteiger partial charge in [-0.25, -0.2) is 9.98 Å². The highest BCUT2D eigenvalue weighted by Gasteiger charge is 2.17. The number of nitrogens with zero attached hydrogens (tertiary/aromatic N) is 4. The standard InChI is InChI=1S/C22H22N6O/c1-15(2)28-20(11-12-24-28)17-9-6-10-21(26-17)27-22(29)19-14-23-13-18(25-19)16-7-4-3-5-8-16/h3-13,15,23H,14H2,1-2H3,(H,26,27,29). The predicted molar refractivity (Wildman–Crippen MR) is 114 cm³/mol. The number of carbonyl (C=O) groups is 1. The molecule has 1 aromatic carbocycles. The molecule has 0 fully saturated rings. The fourth-order valence-corrected chi connectivity index (χ4v) is 3.11. The number of anilines is 1. The summed E-state index contributed by atoms with van der Waals surface area (Å²) in [7, 11) is 0. The number of aromatic nitrogens is 3. The maximum atomic E-state index is 12.8. The van der Waals surface area contributed by atoms with Crippen molar-refractivity contribution in [3.8, 4) is 11.4 Å². The minimum atomic E-state index is -0.277. The van der Waals surface area contributed by atoms with Crippen molar-refractivity contribution in [2.24, 2.45) is 4.99 Å². The quantitative estimate of drug-likeness (QED) is 0.703. The normalized spacial score (nSPS) is 13.5. The number of rotatable bonds is 5. The first-order chi connectivity index (χ1) is 14.1. The number of pyridine rings is 1. The maximum absolute atomic E-state index is 12.8. The number of hydrogen-bond acceptors (Lipinski definition) is 5. The van der Waals surface area contributed by atoms with E-state index in [1.54, 1.807) is 12.3 Å². The van der Waals surface area contributed by atoms with E-state index in [0.717, 1.165) is 22.6 Å². The second-order valence-corrected chi connectivity index (χ2v) is 6.95. The first-order valence-electron chi connectivity index (χ1n) is 9.50. The van der Waals surface area contributed by atoms with E-state index in [1.807, 2.05) is 59.4 Å². The molecule has 3 heterocycles. The minimum Gasteiger partial charge on any atom is -0.383 e. The van der Waals surface area contributed by atoms with Crippen molar-refractivity contribution in [2.45, 2.75) is 19.9 Å². The van der Waals surface area contributed by atoms with Crippen molar-refractivity contribution in [3.05, 3.63) is 72.6 Å². The number of amides is 1. The Morgan fingerprint density at radius 2 is 1.93 bits per heavy atom. The van der Waals surface area contributed by atoms with Crippen molar-refractivity contribution in [3.63, 3.8) is 0 Å². The predicted octanol–water partition coefficient (Wildman–Crippen LogP) is 3.51. The van der Waals surface area contributed by atoms with E-state index in [4.69, 9.17) is 0 Å². The highest BCUT2D eigenvalue weighted by molar-refractivity contribution is 6.44. The van der Waals surface area contributed by atoms with Gasteiger partial charge in [0.15, 0.2) is 0 Å². The molecule has 7 heteroatoms. The van der Waals surface area contributed by atoms with Crippen molar-refractivity contribution in [1.29, 1.82) is 0 Å². The van der Waals surface area contributed by atoms with Crippen LogP contribution in [0.5, 0.6) is 0 Å². The van der Waals surface area contributed by atoms with E-state index in [2.05, 4.69) is 39.6 Å². The fraction of sp³-hybridized carbons (Fsp3) is 0.182. The molecule has 0 saturated carbocycles.